The molecular weight excluding hydrogens is 795 g/mol. The number of carbonyl (C=O) groups is 3. The summed E-state index contributed by atoms with van der Waals surface area (Å²) in [6, 6.07) is 0. The lowest BCUT2D eigenvalue weighted by Gasteiger charge is -2.29. The van der Waals surface area contributed by atoms with E-state index in [2.05, 4.69) is 29.8 Å². The molecule has 63 heavy (non-hydrogen) atoms. The first-order valence-electron chi connectivity index (χ1n) is 26.4. The van der Waals surface area contributed by atoms with Gasteiger partial charge in [0.05, 0.1) is 17.8 Å². The average molecular weight is 898 g/mol. The second-order valence-corrected chi connectivity index (χ2v) is 19.3. The van der Waals surface area contributed by atoms with Crippen LogP contribution in [0.1, 0.15) is 253 Å². The van der Waals surface area contributed by atoms with Crippen molar-refractivity contribution in [3.8, 4) is 0 Å². The van der Waals surface area contributed by atoms with Gasteiger partial charge in [0.15, 0.2) is 6.10 Å². The number of methoxy groups -OCH3 is 1. The number of hydrogen-bond acceptors (Lipinski definition) is 8. The molecular formula is C52H103N3O8. The van der Waals surface area contributed by atoms with Crippen LogP contribution in [-0.4, -0.2) is 82.2 Å². The highest BCUT2D eigenvalue weighted by molar-refractivity contribution is 5.69. The molecule has 0 rings (SSSR count). The van der Waals surface area contributed by atoms with Crippen LogP contribution in [0, 0.1) is 0 Å². The van der Waals surface area contributed by atoms with Gasteiger partial charge in [0.2, 0.25) is 0 Å². The monoisotopic (exact) mass is 898 g/mol. The van der Waals surface area contributed by atoms with Crippen molar-refractivity contribution in [2.45, 2.75) is 271 Å². The lowest BCUT2D eigenvalue weighted by Crippen LogP contribution is -2.38. The summed E-state index contributed by atoms with van der Waals surface area (Å²) in [7, 11) is 1.70. The SMILES string of the molecule is CCCCCCCCCCCCCCCCCCNC(=O)OC(COC(=O)NCCCCCCCCCCCCCCCC)COC(=O)NCCCC(C)(C)OCCC(C)(C)OC. The minimum absolute atomic E-state index is 0.226. The summed E-state index contributed by atoms with van der Waals surface area (Å²) in [4.78, 5) is 37.8. The topological polar surface area (TPSA) is 133 Å². The van der Waals surface area contributed by atoms with Gasteiger partial charge < -0.3 is 39.6 Å². The van der Waals surface area contributed by atoms with Crippen LogP contribution in [0.15, 0.2) is 0 Å². The summed E-state index contributed by atoms with van der Waals surface area (Å²) < 4.78 is 27.9. The maximum absolute atomic E-state index is 12.7. The molecule has 0 aliphatic heterocycles. The summed E-state index contributed by atoms with van der Waals surface area (Å²) in [5, 5.41) is 8.38. The number of carbonyl (C=O) groups excluding carboxylic acids is 3. The predicted molar refractivity (Wildman–Crippen MR) is 262 cm³/mol. The maximum Gasteiger partial charge on any atom is 0.407 e. The first-order valence-corrected chi connectivity index (χ1v) is 26.4. The standard InChI is InChI=1S/C52H103N3O8/c1-8-10-12-14-16-18-20-22-24-25-27-29-31-33-35-37-42-55-50(58)63-47(46-61-49(57)54-43-38-39-52(5,6)62-44-40-51(3,4)59-7)45-60-48(56)53-41-36-34-32-30-28-26-23-21-19-17-15-13-11-9-2/h47H,8-46H2,1-7H3,(H,53,56)(H,54,57)(H,55,58). The molecule has 0 aliphatic carbocycles. The van der Waals surface area contributed by atoms with E-state index in [0.717, 1.165) is 51.4 Å². The molecule has 0 aromatic heterocycles. The van der Waals surface area contributed by atoms with Crippen LogP contribution in [0.5, 0.6) is 0 Å². The van der Waals surface area contributed by atoms with E-state index < -0.39 is 24.4 Å². The first-order chi connectivity index (χ1) is 30.4. The first kappa shape index (κ1) is 60.7. The van der Waals surface area contributed by atoms with E-state index in [0.29, 0.717) is 32.7 Å². The van der Waals surface area contributed by atoms with Crippen LogP contribution in [0.4, 0.5) is 14.4 Å². The third-order valence-electron chi connectivity index (χ3n) is 12.1. The molecule has 0 aromatic carbocycles. The van der Waals surface area contributed by atoms with Gasteiger partial charge in [-0.25, -0.2) is 14.4 Å². The van der Waals surface area contributed by atoms with Crippen molar-refractivity contribution in [2.24, 2.45) is 0 Å². The molecule has 0 spiro atoms. The predicted octanol–water partition coefficient (Wildman–Crippen LogP) is 14.7. The zero-order chi connectivity index (χ0) is 46.5. The Morgan fingerprint density at radius 1 is 0.413 bits per heavy atom. The van der Waals surface area contributed by atoms with Crippen LogP contribution in [0.3, 0.4) is 0 Å². The van der Waals surface area contributed by atoms with Gasteiger partial charge in [0.1, 0.15) is 13.2 Å². The fourth-order valence-corrected chi connectivity index (χ4v) is 7.57. The Hall–Kier alpha value is -2.27. The number of hydrogen-bond donors (Lipinski definition) is 3. The number of alkyl carbamates (subject to hydrolysis) is 3. The number of unbranched alkanes of at least 4 members (excludes halogenated alkanes) is 28. The van der Waals surface area contributed by atoms with Crippen LogP contribution >= 0.6 is 0 Å². The number of rotatable bonds is 46. The Morgan fingerprint density at radius 3 is 1.08 bits per heavy atom. The highest BCUT2D eigenvalue weighted by Gasteiger charge is 2.23. The molecule has 3 amide bonds. The molecule has 0 fully saturated rings. The molecule has 11 heteroatoms. The van der Waals surface area contributed by atoms with Gasteiger partial charge in [-0.15, -0.1) is 0 Å². The highest BCUT2D eigenvalue weighted by atomic mass is 16.6. The van der Waals surface area contributed by atoms with Gasteiger partial charge in [-0.2, -0.15) is 0 Å². The third-order valence-corrected chi connectivity index (χ3v) is 12.1. The van der Waals surface area contributed by atoms with Gasteiger partial charge in [-0.05, 0) is 59.8 Å². The van der Waals surface area contributed by atoms with Crippen molar-refractivity contribution < 1.29 is 38.1 Å². The fourth-order valence-electron chi connectivity index (χ4n) is 7.57. The smallest absolute Gasteiger partial charge is 0.407 e. The largest absolute Gasteiger partial charge is 0.445 e. The molecule has 1 atom stereocenters. The van der Waals surface area contributed by atoms with E-state index in [-0.39, 0.29) is 24.4 Å². The van der Waals surface area contributed by atoms with E-state index in [9.17, 15) is 14.4 Å². The van der Waals surface area contributed by atoms with E-state index in [1.807, 2.05) is 27.7 Å². The normalized spacial score (nSPS) is 12.2. The van der Waals surface area contributed by atoms with Gasteiger partial charge in [-0.3, -0.25) is 0 Å². The maximum atomic E-state index is 12.7. The molecule has 3 N–H and O–H groups in total. The Morgan fingerprint density at radius 2 is 0.730 bits per heavy atom. The number of ether oxygens (including phenoxy) is 5. The molecule has 0 aliphatic rings. The van der Waals surface area contributed by atoms with Crippen LogP contribution in [0.2, 0.25) is 0 Å². The van der Waals surface area contributed by atoms with Crippen molar-refractivity contribution in [1.29, 1.82) is 0 Å². The number of amides is 3. The van der Waals surface area contributed by atoms with E-state index in [1.54, 1.807) is 7.11 Å². The molecule has 0 bridgehead atoms. The van der Waals surface area contributed by atoms with Crippen LogP contribution in [-0.2, 0) is 23.7 Å². The van der Waals surface area contributed by atoms with Crippen molar-refractivity contribution in [2.75, 3.05) is 46.6 Å². The van der Waals surface area contributed by atoms with Crippen molar-refractivity contribution in [1.82, 2.24) is 16.0 Å². The summed E-state index contributed by atoms with van der Waals surface area (Å²) in [5.74, 6) is 0. The summed E-state index contributed by atoms with van der Waals surface area (Å²) >= 11 is 0. The highest BCUT2D eigenvalue weighted by Crippen LogP contribution is 2.20. The van der Waals surface area contributed by atoms with E-state index in [4.69, 9.17) is 23.7 Å². The minimum atomic E-state index is -0.947. The molecule has 374 valence electrons. The molecule has 11 nitrogen and oxygen atoms in total. The van der Waals surface area contributed by atoms with Gasteiger partial charge in [0.25, 0.3) is 0 Å². The fraction of sp³-hybridized carbons (Fsp3) is 0.942. The molecule has 0 saturated heterocycles. The second-order valence-electron chi connectivity index (χ2n) is 19.3. The van der Waals surface area contributed by atoms with Gasteiger partial charge >= 0.3 is 18.3 Å². The van der Waals surface area contributed by atoms with E-state index in [1.165, 1.54) is 154 Å². The Labute approximate surface area is 388 Å². The Balaban J connectivity index is 4.45. The van der Waals surface area contributed by atoms with Gasteiger partial charge in [-0.1, -0.05) is 194 Å². The second kappa shape index (κ2) is 43.6. The molecule has 0 aromatic rings. The zero-order valence-corrected chi connectivity index (χ0v) is 42.4. The van der Waals surface area contributed by atoms with Crippen molar-refractivity contribution >= 4 is 18.3 Å². The third kappa shape index (κ3) is 44.7. The van der Waals surface area contributed by atoms with Crippen molar-refractivity contribution in [3.05, 3.63) is 0 Å². The average Bonchev–Trinajstić information content (AvgIpc) is 3.25. The number of nitrogens with one attached hydrogen (secondary N) is 3. The van der Waals surface area contributed by atoms with Crippen LogP contribution < -0.4 is 16.0 Å². The Kier molecular flexibility index (Phi) is 42.0. The van der Waals surface area contributed by atoms with Crippen molar-refractivity contribution in [3.63, 3.8) is 0 Å². The molecule has 1 unspecified atom stereocenters. The lowest BCUT2D eigenvalue weighted by molar-refractivity contribution is -0.0617. The van der Waals surface area contributed by atoms with Crippen LogP contribution in [0.25, 0.3) is 0 Å². The zero-order valence-electron chi connectivity index (χ0n) is 42.4. The van der Waals surface area contributed by atoms with Gasteiger partial charge in [0, 0.05) is 26.7 Å². The molecule has 0 radical (unpaired) electrons. The minimum Gasteiger partial charge on any atom is -0.445 e. The van der Waals surface area contributed by atoms with E-state index >= 15 is 0 Å². The molecule has 0 saturated carbocycles. The Bertz CT molecular complexity index is 1040. The quantitative estimate of drug-likeness (QED) is 0.0406. The molecule has 0 heterocycles. The summed E-state index contributed by atoms with van der Waals surface area (Å²) in [6.07, 6.45) is 37.9. The summed E-state index contributed by atoms with van der Waals surface area (Å²) in [6.45, 7) is 14.2. The lowest BCUT2D eigenvalue weighted by atomic mass is 10.0. The summed E-state index contributed by atoms with van der Waals surface area (Å²) in [5.41, 5.74) is -0.590.